The molecule has 0 amide bonds. The minimum absolute atomic E-state index is 0.257. The van der Waals surface area contributed by atoms with E-state index in [1.165, 1.54) is 0 Å². The molecule has 0 bridgehead atoms. The minimum Gasteiger partial charge on any atom is -0.459 e. The molecule has 5 aromatic rings. The Hall–Kier alpha value is -5.33. The number of esters is 2. The molecule has 0 fully saturated rings. The van der Waals surface area contributed by atoms with E-state index in [9.17, 15) is 34.2 Å². The average Bonchev–Trinajstić information content (AvgIpc) is 3.05. The Kier molecular flexibility index (Phi) is 8.83. The van der Waals surface area contributed by atoms with E-state index in [4.69, 9.17) is 9.47 Å². The Balaban J connectivity index is 1.24. The van der Waals surface area contributed by atoms with Gasteiger partial charge in [-0.1, -0.05) is 66.7 Å². The molecule has 1 aromatic heterocycles. The van der Waals surface area contributed by atoms with Gasteiger partial charge in [0, 0.05) is 7.05 Å². The zero-order valence-electron chi connectivity index (χ0n) is 23.7. The van der Waals surface area contributed by atoms with Crippen molar-refractivity contribution in [2.75, 3.05) is 13.2 Å². The van der Waals surface area contributed by atoms with Gasteiger partial charge in [-0.2, -0.15) is 0 Å². The number of hydrogen-bond donors (Lipinski definition) is 2. The summed E-state index contributed by atoms with van der Waals surface area (Å²) >= 11 is 0. The highest BCUT2D eigenvalue weighted by Gasteiger charge is 2.21. The summed E-state index contributed by atoms with van der Waals surface area (Å²) in [6.07, 6.45) is -2.94. The lowest BCUT2D eigenvalue weighted by molar-refractivity contribution is 0.0190. The van der Waals surface area contributed by atoms with E-state index in [1.807, 2.05) is 42.5 Å². The van der Waals surface area contributed by atoms with Gasteiger partial charge in [0.1, 0.15) is 25.4 Å². The van der Waals surface area contributed by atoms with Crippen LogP contribution in [0.2, 0.25) is 0 Å². The van der Waals surface area contributed by atoms with Crippen LogP contribution in [0, 0.1) is 0 Å². The molecule has 5 rings (SSSR count). The van der Waals surface area contributed by atoms with Crippen LogP contribution in [0.3, 0.4) is 0 Å². The summed E-state index contributed by atoms with van der Waals surface area (Å²) in [5.74, 6) is -1.41. The van der Waals surface area contributed by atoms with E-state index in [0.29, 0.717) is 19.1 Å². The van der Waals surface area contributed by atoms with Gasteiger partial charge in [-0.25, -0.2) is 37.7 Å². The highest BCUT2D eigenvalue weighted by Crippen LogP contribution is 2.19. The Bertz CT molecular complexity index is 2040. The van der Waals surface area contributed by atoms with Crippen LogP contribution in [-0.2, 0) is 29.6 Å². The third-order valence-electron chi connectivity index (χ3n) is 7.09. The molecule has 0 aliphatic rings. The van der Waals surface area contributed by atoms with Crippen LogP contribution in [0.4, 0.5) is 0 Å². The van der Waals surface area contributed by atoms with Gasteiger partial charge < -0.3 is 19.7 Å². The summed E-state index contributed by atoms with van der Waals surface area (Å²) in [7, 11) is 1.14. The van der Waals surface area contributed by atoms with Crippen molar-refractivity contribution in [3.63, 3.8) is 0 Å². The third kappa shape index (κ3) is 6.36. The number of benzene rings is 4. The number of aliphatic hydroxyl groups excluding tert-OH is 2. The minimum atomic E-state index is -1.47. The predicted octanol–water partition coefficient (Wildman–Crippen LogP) is 1.45. The Morgan fingerprint density at radius 2 is 1.20 bits per heavy atom. The fourth-order valence-electron chi connectivity index (χ4n) is 4.82. The number of rotatable bonds is 10. The average molecular weight is 600 g/mol. The number of hydrogen-bond acceptors (Lipinski definition) is 9. The molecule has 2 unspecified atom stereocenters. The maximum atomic E-state index is 13.1. The van der Waals surface area contributed by atoms with Gasteiger partial charge in [0.25, 0.3) is 0 Å². The molecule has 226 valence electrons. The molecular formula is C32H29N3O9. The van der Waals surface area contributed by atoms with Crippen LogP contribution in [0.25, 0.3) is 21.5 Å². The molecule has 12 heteroatoms. The molecule has 2 atom stereocenters. The van der Waals surface area contributed by atoms with E-state index < -0.39 is 67.5 Å². The number of aromatic nitrogens is 3. The first-order valence-electron chi connectivity index (χ1n) is 13.7. The predicted molar refractivity (Wildman–Crippen MR) is 161 cm³/mol. The Morgan fingerprint density at radius 1 is 0.659 bits per heavy atom. The zero-order chi connectivity index (χ0) is 31.4. The van der Waals surface area contributed by atoms with Crippen molar-refractivity contribution in [1.29, 1.82) is 0 Å². The third-order valence-corrected chi connectivity index (χ3v) is 7.09. The van der Waals surface area contributed by atoms with Crippen molar-refractivity contribution in [2.24, 2.45) is 7.05 Å². The van der Waals surface area contributed by atoms with E-state index in [1.54, 1.807) is 42.5 Å². The molecule has 0 saturated carbocycles. The molecule has 2 N–H and O–H groups in total. The summed E-state index contributed by atoms with van der Waals surface area (Å²) in [5.41, 5.74) is -2.57. The molecule has 0 aliphatic heterocycles. The number of ether oxygens (including phenoxy) is 2. The van der Waals surface area contributed by atoms with Crippen LogP contribution in [0.15, 0.2) is 99.3 Å². The Morgan fingerprint density at radius 3 is 1.86 bits per heavy atom. The van der Waals surface area contributed by atoms with Gasteiger partial charge in [0.05, 0.1) is 24.2 Å². The summed E-state index contributed by atoms with van der Waals surface area (Å²) in [5, 5.41) is 24.3. The standard InChI is InChI=1S/C32H29N3O9/c1-33-30(40)34(16-24(36)18-43-28(38)23-14-13-20-7-2-3-9-22(20)15-23)32(42)35(31(33)41)17-25(37)19-44-29(39)27-12-6-10-21-8-4-5-11-26(21)27/h2-15,24-25,36-37H,16-19H2,1H3. The molecule has 1 heterocycles. The van der Waals surface area contributed by atoms with Gasteiger partial charge >= 0.3 is 29.0 Å². The van der Waals surface area contributed by atoms with Crippen LogP contribution in [-0.4, -0.2) is 61.3 Å². The topological polar surface area (TPSA) is 159 Å². The second-order valence-corrected chi connectivity index (χ2v) is 10.2. The van der Waals surface area contributed by atoms with Gasteiger partial charge in [-0.3, -0.25) is 0 Å². The van der Waals surface area contributed by atoms with Crippen molar-refractivity contribution in [2.45, 2.75) is 25.3 Å². The molecular weight excluding hydrogens is 570 g/mol. The first-order chi connectivity index (χ1) is 21.1. The monoisotopic (exact) mass is 599 g/mol. The first-order valence-corrected chi connectivity index (χ1v) is 13.7. The molecule has 0 spiro atoms. The highest BCUT2D eigenvalue weighted by atomic mass is 16.5. The summed E-state index contributed by atoms with van der Waals surface area (Å²) in [6.45, 7) is -2.26. The molecule has 0 aliphatic carbocycles. The van der Waals surface area contributed by atoms with Gasteiger partial charge in [0.15, 0.2) is 0 Å². The Labute approximate surface area is 249 Å². The number of aliphatic hydroxyl groups is 2. The second kappa shape index (κ2) is 12.9. The lowest BCUT2D eigenvalue weighted by atomic mass is 10.1. The maximum Gasteiger partial charge on any atom is 0.338 e. The fraction of sp³-hybridized carbons (Fsp3) is 0.219. The van der Waals surface area contributed by atoms with E-state index in [0.717, 1.165) is 23.2 Å². The van der Waals surface area contributed by atoms with Crippen LogP contribution < -0.4 is 17.1 Å². The zero-order valence-corrected chi connectivity index (χ0v) is 23.7. The van der Waals surface area contributed by atoms with Gasteiger partial charge in [0.2, 0.25) is 0 Å². The van der Waals surface area contributed by atoms with Gasteiger partial charge in [-0.15, -0.1) is 0 Å². The fourth-order valence-corrected chi connectivity index (χ4v) is 4.82. The lowest BCUT2D eigenvalue weighted by Crippen LogP contribution is -2.56. The number of nitrogens with zero attached hydrogens (tertiary/aromatic N) is 3. The van der Waals surface area contributed by atoms with E-state index in [2.05, 4.69) is 0 Å². The van der Waals surface area contributed by atoms with Crippen molar-refractivity contribution in [1.82, 2.24) is 13.7 Å². The normalized spacial score (nSPS) is 12.6. The quantitative estimate of drug-likeness (QED) is 0.227. The van der Waals surface area contributed by atoms with Crippen LogP contribution >= 0.6 is 0 Å². The van der Waals surface area contributed by atoms with Crippen molar-refractivity contribution in [3.05, 3.63) is 128 Å². The van der Waals surface area contributed by atoms with Crippen LogP contribution in [0.5, 0.6) is 0 Å². The maximum absolute atomic E-state index is 13.1. The van der Waals surface area contributed by atoms with E-state index in [-0.39, 0.29) is 11.1 Å². The lowest BCUT2D eigenvalue weighted by Gasteiger charge is -2.17. The van der Waals surface area contributed by atoms with Crippen molar-refractivity contribution < 1.29 is 29.3 Å². The SMILES string of the molecule is Cn1c(=O)n(CC(O)COC(=O)c2ccc3ccccc3c2)c(=O)n(CC(O)COC(=O)c2cccc3ccccc23)c1=O. The number of carbonyl (C=O) groups is 2. The smallest absolute Gasteiger partial charge is 0.338 e. The summed E-state index contributed by atoms with van der Waals surface area (Å²) < 4.78 is 12.3. The van der Waals surface area contributed by atoms with Crippen molar-refractivity contribution in [3.8, 4) is 0 Å². The molecule has 0 radical (unpaired) electrons. The number of fused-ring (bicyclic) bond motifs is 2. The van der Waals surface area contributed by atoms with E-state index >= 15 is 0 Å². The molecule has 44 heavy (non-hydrogen) atoms. The van der Waals surface area contributed by atoms with Gasteiger partial charge in [-0.05, 0) is 39.7 Å². The van der Waals surface area contributed by atoms with Crippen molar-refractivity contribution >= 4 is 33.5 Å². The summed E-state index contributed by atoms with van der Waals surface area (Å²) in [4.78, 5) is 63.8. The van der Waals surface area contributed by atoms with Crippen LogP contribution in [0.1, 0.15) is 20.7 Å². The first kappa shape index (κ1) is 30.1. The molecule has 4 aromatic carbocycles. The molecule has 0 saturated heterocycles. The molecule has 12 nitrogen and oxygen atoms in total. The second-order valence-electron chi connectivity index (χ2n) is 10.2. The highest BCUT2D eigenvalue weighted by molar-refractivity contribution is 6.04. The largest absolute Gasteiger partial charge is 0.459 e. The number of carbonyl (C=O) groups excluding carboxylic acids is 2. The summed E-state index contributed by atoms with van der Waals surface area (Å²) in [6, 6.07) is 24.7.